The van der Waals surface area contributed by atoms with Crippen LogP contribution in [-0.4, -0.2) is 28.8 Å². The van der Waals surface area contributed by atoms with Crippen molar-refractivity contribution in [3.8, 4) is 0 Å². The Bertz CT molecular complexity index is 913. The third-order valence-corrected chi connectivity index (χ3v) is 4.71. The largest absolute Gasteiger partial charge is 0.466 e. The molecule has 0 amide bonds. The van der Waals surface area contributed by atoms with Gasteiger partial charge >= 0.3 is 5.97 Å². The van der Waals surface area contributed by atoms with Gasteiger partial charge in [-0.15, -0.1) is 0 Å². The maximum Gasteiger partial charge on any atom is 0.336 e. The molecule has 1 atom stereocenters. The topological polar surface area (TPSA) is 97.2 Å². The Balaban J connectivity index is 2.24. The molecule has 1 aliphatic rings. The van der Waals surface area contributed by atoms with Gasteiger partial charge in [0.1, 0.15) is 17.3 Å². The van der Waals surface area contributed by atoms with Gasteiger partial charge in [-0.05, 0) is 31.7 Å². The predicted octanol–water partition coefficient (Wildman–Crippen LogP) is 2.79. The fourth-order valence-electron chi connectivity index (χ4n) is 2.91. The smallest absolute Gasteiger partial charge is 0.336 e. The normalized spacial score (nSPS) is 16.4. The minimum Gasteiger partial charge on any atom is -0.466 e. The molecule has 8 heteroatoms. The van der Waals surface area contributed by atoms with Crippen LogP contribution in [0, 0.1) is 6.92 Å². The summed E-state index contributed by atoms with van der Waals surface area (Å²) in [5.74, 6) is 1.23. The summed E-state index contributed by atoms with van der Waals surface area (Å²) in [6.07, 6.45) is 0. The maximum atomic E-state index is 12.7. The molecule has 0 spiro atoms. The molecule has 0 aliphatic carbocycles. The number of carbonyl (C=O) groups excluding carboxylic acids is 1. The van der Waals surface area contributed by atoms with E-state index in [4.69, 9.17) is 9.15 Å². The van der Waals surface area contributed by atoms with E-state index in [0.29, 0.717) is 39.3 Å². The van der Waals surface area contributed by atoms with Crippen LogP contribution in [-0.2, 0) is 9.53 Å². The van der Waals surface area contributed by atoms with Gasteiger partial charge in [0.2, 0.25) is 0 Å². The van der Waals surface area contributed by atoms with Crippen LogP contribution in [0.4, 0.5) is 5.82 Å². The Morgan fingerprint density at radius 3 is 2.76 bits per heavy atom. The van der Waals surface area contributed by atoms with Gasteiger partial charge < -0.3 is 19.5 Å². The number of hydrogen-bond acceptors (Lipinski definition) is 7. The molecule has 2 aromatic heterocycles. The highest BCUT2D eigenvalue weighted by atomic mass is 32.2. The second kappa shape index (κ2) is 6.79. The zero-order valence-electron chi connectivity index (χ0n) is 14.4. The number of nitrogens with one attached hydrogen (secondary N) is 2. The molecule has 0 radical (unpaired) electrons. The molecular weight excluding hydrogens is 342 g/mol. The first-order valence-corrected chi connectivity index (χ1v) is 8.84. The summed E-state index contributed by atoms with van der Waals surface area (Å²) in [7, 11) is 1.31. The molecule has 1 aliphatic heterocycles. The Kier molecular flexibility index (Phi) is 4.71. The van der Waals surface area contributed by atoms with Gasteiger partial charge in [0.15, 0.2) is 5.16 Å². The van der Waals surface area contributed by atoms with E-state index >= 15 is 0 Å². The molecule has 2 N–H and O–H groups in total. The fraction of sp³-hybridized carbons (Fsp3) is 0.353. The Hall–Kier alpha value is -2.48. The van der Waals surface area contributed by atoms with Crippen LogP contribution in [0.3, 0.4) is 0 Å². The quantitative estimate of drug-likeness (QED) is 0.491. The van der Waals surface area contributed by atoms with Crippen LogP contribution in [0.5, 0.6) is 0 Å². The van der Waals surface area contributed by atoms with Crippen molar-refractivity contribution < 1.29 is 13.9 Å². The van der Waals surface area contributed by atoms with Crippen LogP contribution in [0.2, 0.25) is 0 Å². The molecule has 0 saturated heterocycles. The lowest BCUT2D eigenvalue weighted by atomic mass is 9.86. The van der Waals surface area contributed by atoms with Gasteiger partial charge in [-0.25, -0.2) is 9.78 Å². The summed E-state index contributed by atoms with van der Waals surface area (Å²) in [5.41, 5.74) is 0.971. The molecule has 7 nitrogen and oxygen atoms in total. The Morgan fingerprint density at radius 1 is 1.40 bits per heavy atom. The average Bonchev–Trinajstić information content (AvgIpc) is 2.99. The Labute approximate surface area is 148 Å². The third kappa shape index (κ3) is 3.09. The van der Waals surface area contributed by atoms with Crippen molar-refractivity contribution in [3.05, 3.63) is 50.8 Å². The summed E-state index contributed by atoms with van der Waals surface area (Å²) in [6, 6.07) is 3.56. The number of hydrogen-bond donors (Lipinski definition) is 2. The Morgan fingerprint density at radius 2 is 2.16 bits per heavy atom. The highest BCUT2D eigenvalue weighted by Crippen LogP contribution is 2.40. The highest BCUT2D eigenvalue weighted by molar-refractivity contribution is 7.99. The number of nitrogens with zero attached hydrogens (tertiary/aromatic N) is 1. The standard InChI is InChI=1S/C17H19N3O4S/c1-5-25-17-19-14-13(15(21)20-17)12(10-7-6-8(2)24-10)11(9(3)18-14)16(22)23-4/h6-7,12H,5H2,1-4H3,(H2,18,19,20,21). The highest BCUT2D eigenvalue weighted by Gasteiger charge is 2.38. The number of aromatic nitrogens is 2. The van der Waals surface area contributed by atoms with E-state index < -0.39 is 11.9 Å². The lowest BCUT2D eigenvalue weighted by Crippen LogP contribution is -2.30. The number of fused-ring (bicyclic) bond motifs is 1. The van der Waals surface area contributed by atoms with Gasteiger partial charge in [-0.1, -0.05) is 18.7 Å². The first kappa shape index (κ1) is 17.3. The number of esters is 1. The molecule has 25 heavy (non-hydrogen) atoms. The molecule has 3 rings (SSSR count). The average molecular weight is 361 g/mol. The number of H-pyrrole nitrogens is 1. The predicted molar refractivity (Wildman–Crippen MR) is 94.9 cm³/mol. The second-order valence-corrected chi connectivity index (χ2v) is 6.86. The first-order valence-electron chi connectivity index (χ1n) is 7.85. The van der Waals surface area contributed by atoms with Crippen molar-refractivity contribution in [2.24, 2.45) is 0 Å². The molecule has 0 fully saturated rings. The number of carbonyl (C=O) groups is 1. The van der Waals surface area contributed by atoms with Crippen molar-refractivity contribution in [2.75, 3.05) is 18.2 Å². The summed E-state index contributed by atoms with van der Waals surface area (Å²) in [5, 5.41) is 3.59. The third-order valence-electron chi connectivity index (χ3n) is 3.95. The molecule has 132 valence electrons. The van der Waals surface area contributed by atoms with E-state index in [2.05, 4.69) is 15.3 Å². The number of anilines is 1. The van der Waals surface area contributed by atoms with E-state index in [9.17, 15) is 9.59 Å². The SMILES string of the molecule is CCSc1nc2c(c(=O)[nH]1)C(c1ccc(C)o1)C(C(=O)OC)=C(C)N2. The molecule has 0 saturated carbocycles. The van der Waals surface area contributed by atoms with Gasteiger partial charge in [0.25, 0.3) is 5.56 Å². The van der Waals surface area contributed by atoms with Crippen molar-refractivity contribution in [2.45, 2.75) is 31.8 Å². The summed E-state index contributed by atoms with van der Waals surface area (Å²) in [6.45, 7) is 5.54. The van der Waals surface area contributed by atoms with Crippen LogP contribution in [0.25, 0.3) is 0 Å². The number of aryl methyl sites for hydroxylation is 1. The van der Waals surface area contributed by atoms with E-state index in [1.54, 1.807) is 19.1 Å². The second-order valence-electron chi connectivity index (χ2n) is 5.60. The number of methoxy groups -OCH3 is 1. The molecular formula is C17H19N3O4S. The van der Waals surface area contributed by atoms with E-state index in [1.807, 2.05) is 13.8 Å². The minimum atomic E-state index is -0.672. The zero-order valence-corrected chi connectivity index (χ0v) is 15.2. The van der Waals surface area contributed by atoms with E-state index in [-0.39, 0.29) is 5.56 Å². The first-order chi connectivity index (χ1) is 12.0. The lowest BCUT2D eigenvalue weighted by molar-refractivity contribution is -0.136. The summed E-state index contributed by atoms with van der Waals surface area (Å²) in [4.78, 5) is 32.4. The van der Waals surface area contributed by atoms with Gasteiger partial charge in [-0.3, -0.25) is 4.79 Å². The van der Waals surface area contributed by atoms with Gasteiger partial charge in [0, 0.05) is 5.70 Å². The molecule has 0 aromatic carbocycles. The summed E-state index contributed by atoms with van der Waals surface area (Å²) >= 11 is 1.44. The zero-order chi connectivity index (χ0) is 18.1. The van der Waals surface area contributed by atoms with Crippen molar-refractivity contribution in [1.82, 2.24) is 9.97 Å². The van der Waals surface area contributed by atoms with E-state index in [1.165, 1.54) is 18.9 Å². The number of thioether (sulfide) groups is 1. The number of aromatic amines is 1. The van der Waals surface area contributed by atoms with Gasteiger partial charge in [0.05, 0.1) is 24.2 Å². The molecule has 2 aromatic rings. The molecule has 3 heterocycles. The number of rotatable bonds is 4. The van der Waals surface area contributed by atoms with E-state index in [0.717, 1.165) is 5.75 Å². The van der Waals surface area contributed by atoms with Crippen LogP contribution < -0.4 is 10.9 Å². The lowest BCUT2D eigenvalue weighted by Gasteiger charge is -2.27. The molecule has 1 unspecified atom stereocenters. The maximum absolute atomic E-state index is 12.7. The van der Waals surface area contributed by atoms with Gasteiger partial charge in [-0.2, -0.15) is 0 Å². The fourth-order valence-corrected chi connectivity index (χ4v) is 3.50. The summed E-state index contributed by atoms with van der Waals surface area (Å²) < 4.78 is 10.7. The van der Waals surface area contributed by atoms with Crippen molar-refractivity contribution in [3.63, 3.8) is 0 Å². The number of furan rings is 1. The van der Waals surface area contributed by atoms with Crippen LogP contribution >= 0.6 is 11.8 Å². The molecule has 0 bridgehead atoms. The number of ether oxygens (including phenoxy) is 1. The van der Waals surface area contributed by atoms with Crippen LogP contribution in [0.15, 0.2) is 37.8 Å². The number of allylic oxidation sites excluding steroid dienone is 1. The van der Waals surface area contributed by atoms with Crippen LogP contribution in [0.1, 0.15) is 36.8 Å². The minimum absolute atomic E-state index is 0.304. The van der Waals surface area contributed by atoms with Crippen molar-refractivity contribution >= 4 is 23.5 Å². The monoisotopic (exact) mass is 361 g/mol. The van der Waals surface area contributed by atoms with Crippen molar-refractivity contribution in [1.29, 1.82) is 0 Å².